The molecule has 2 aromatic heterocycles. The molecule has 1 aliphatic heterocycles. The summed E-state index contributed by atoms with van der Waals surface area (Å²) in [5, 5.41) is 0. The first-order valence-electron chi connectivity index (χ1n) is 7.81. The van der Waals surface area contributed by atoms with Crippen LogP contribution in [0.3, 0.4) is 0 Å². The zero-order chi connectivity index (χ0) is 16.6. The van der Waals surface area contributed by atoms with E-state index in [1.807, 2.05) is 54.9 Å². The van der Waals surface area contributed by atoms with Crippen LogP contribution in [0.5, 0.6) is 5.75 Å². The average molecular weight is 322 g/mol. The van der Waals surface area contributed by atoms with Gasteiger partial charge in [0.15, 0.2) is 5.76 Å². The smallest absolute Gasteiger partial charge is 0.244 e. The van der Waals surface area contributed by atoms with Crippen molar-refractivity contribution in [2.45, 2.75) is 19.6 Å². The average Bonchev–Trinajstić information content (AvgIpc) is 3.18. The molecule has 3 heterocycles. The molecule has 0 spiro atoms. The van der Waals surface area contributed by atoms with Crippen LogP contribution < -0.4 is 4.74 Å². The van der Waals surface area contributed by atoms with Gasteiger partial charge in [-0.2, -0.15) is 0 Å². The first-order chi connectivity index (χ1) is 11.6. The number of nitrogens with zero attached hydrogens (tertiary/aromatic N) is 2. The molecule has 3 aromatic rings. The molecule has 4 rings (SSSR count). The molecule has 0 amide bonds. The molecule has 0 atom stereocenters. The van der Waals surface area contributed by atoms with Crippen molar-refractivity contribution in [3.63, 3.8) is 0 Å². The summed E-state index contributed by atoms with van der Waals surface area (Å²) in [6.45, 7) is 4.08. The molecule has 0 unspecified atom stereocenters. The Morgan fingerprint density at radius 3 is 2.67 bits per heavy atom. The zero-order valence-electron chi connectivity index (χ0n) is 13.6. The monoisotopic (exact) mass is 322 g/mol. The van der Waals surface area contributed by atoms with Gasteiger partial charge in [0.1, 0.15) is 24.3 Å². The summed E-state index contributed by atoms with van der Waals surface area (Å²) >= 11 is 0. The Bertz CT molecular complexity index is 894. The number of benzene rings is 1. The first-order valence-corrected chi connectivity index (χ1v) is 7.81. The van der Waals surface area contributed by atoms with Crippen molar-refractivity contribution in [3.8, 4) is 16.9 Å². The highest BCUT2D eigenvalue weighted by Gasteiger charge is 2.27. The van der Waals surface area contributed by atoms with Crippen molar-refractivity contribution in [3.05, 3.63) is 67.0 Å². The number of aromatic nitrogens is 2. The van der Waals surface area contributed by atoms with Crippen LogP contribution in [0, 0.1) is 0 Å². The van der Waals surface area contributed by atoms with E-state index in [0.717, 1.165) is 22.5 Å². The molecule has 0 bridgehead atoms. The molecule has 24 heavy (non-hydrogen) atoms. The molecular weight excluding hydrogens is 304 g/mol. The number of pyridine rings is 1. The fourth-order valence-electron chi connectivity index (χ4n) is 2.62. The van der Waals surface area contributed by atoms with Crippen molar-refractivity contribution >= 4 is 5.65 Å². The molecule has 5 heteroatoms. The summed E-state index contributed by atoms with van der Waals surface area (Å²) in [5.41, 5.74) is 3.17. The molecule has 0 N–H and O–H groups in total. The number of hydrogen-bond donors (Lipinski definition) is 0. The second kappa shape index (κ2) is 5.60. The maximum atomic E-state index is 5.74. The molecular formula is C19H18N2O3. The third kappa shape index (κ3) is 2.93. The summed E-state index contributed by atoms with van der Waals surface area (Å²) in [5.74, 6) is 0.872. The van der Waals surface area contributed by atoms with Crippen LogP contribution in [-0.2, 0) is 9.47 Å². The largest absolute Gasteiger partial charge is 0.486 e. The van der Waals surface area contributed by atoms with Crippen molar-refractivity contribution < 1.29 is 14.2 Å². The van der Waals surface area contributed by atoms with Gasteiger partial charge in [-0.3, -0.25) is 0 Å². The van der Waals surface area contributed by atoms with E-state index >= 15 is 0 Å². The first kappa shape index (κ1) is 14.6. The van der Waals surface area contributed by atoms with E-state index in [2.05, 4.69) is 17.1 Å². The van der Waals surface area contributed by atoms with E-state index in [9.17, 15) is 0 Å². The van der Waals surface area contributed by atoms with Crippen LogP contribution in [0.1, 0.15) is 13.8 Å². The highest BCUT2D eigenvalue weighted by atomic mass is 16.7. The van der Waals surface area contributed by atoms with E-state index in [1.165, 1.54) is 0 Å². The number of imidazole rings is 1. The van der Waals surface area contributed by atoms with Crippen LogP contribution in [0.15, 0.2) is 67.0 Å². The van der Waals surface area contributed by atoms with Gasteiger partial charge in [-0.05, 0) is 35.4 Å². The van der Waals surface area contributed by atoms with Gasteiger partial charge in [0, 0.05) is 32.4 Å². The van der Waals surface area contributed by atoms with Gasteiger partial charge in [-0.25, -0.2) is 4.98 Å². The minimum Gasteiger partial charge on any atom is -0.486 e. The molecule has 0 saturated heterocycles. The second-order valence-corrected chi connectivity index (χ2v) is 6.13. The zero-order valence-corrected chi connectivity index (χ0v) is 13.6. The van der Waals surface area contributed by atoms with Gasteiger partial charge < -0.3 is 18.6 Å². The Kier molecular flexibility index (Phi) is 3.41. The highest BCUT2D eigenvalue weighted by Crippen LogP contribution is 2.26. The predicted octanol–water partition coefficient (Wildman–Crippen LogP) is 4.00. The molecule has 122 valence electrons. The Hall–Kier alpha value is -2.95. The normalized spacial score (nSPS) is 15.7. The lowest BCUT2D eigenvalue weighted by molar-refractivity contribution is -0.119. The number of fused-ring (bicyclic) bond motifs is 1. The number of rotatable bonds is 4. The molecule has 0 radical (unpaired) electrons. The third-order valence-electron chi connectivity index (χ3n) is 3.82. The van der Waals surface area contributed by atoms with Gasteiger partial charge in [-0.1, -0.05) is 12.1 Å². The molecule has 1 aromatic carbocycles. The summed E-state index contributed by atoms with van der Waals surface area (Å²) in [7, 11) is 0. The fourth-order valence-corrected chi connectivity index (χ4v) is 2.62. The lowest BCUT2D eigenvalue weighted by Crippen LogP contribution is -2.21. The maximum Gasteiger partial charge on any atom is 0.244 e. The lowest BCUT2D eigenvalue weighted by Gasteiger charge is -2.18. The van der Waals surface area contributed by atoms with Gasteiger partial charge in [0.25, 0.3) is 0 Å². The summed E-state index contributed by atoms with van der Waals surface area (Å²) in [6, 6.07) is 12.1. The van der Waals surface area contributed by atoms with Gasteiger partial charge in [0.2, 0.25) is 5.79 Å². The predicted molar refractivity (Wildman–Crippen MR) is 90.5 cm³/mol. The Morgan fingerprint density at radius 1 is 1.08 bits per heavy atom. The van der Waals surface area contributed by atoms with E-state index < -0.39 is 5.79 Å². The Morgan fingerprint density at radius 2 is 1.92 bits per heavy atom. The van der Waals surface area contributed by atoms with E-state index in [-0.39, 0.29) is 0 Å². The number of ether oxygens (including phenoxy) is 3. The summed E-state index contributed by atoms with van der Waals surface area (Å²) in [4.78, 5) is 4.31. The van der Waals surface area contributed by atoms with Crippen molar-refractivity contribution in [1.82, 2.24) is 9.38 Å². The topological polar surface area (TPSA) is 45.0 Å². The minimum absolute atomic E-state index is 0.350. The number of hydrogen-bond acceptors (Lipinski definition) is 4. The third-order valence-corrected chi connectivity index (χ3v) is 3.82. The minimum atomic E-state index is -0.603. The van der Waals surface area contributed by atoms with E-state index in [4.69, 9.17) is 14.2 Å². The van der Waals surface area contributed by atoms with Crippen molar-refractivity contribution in [2.24, 2.45) is 0 Å². The quantitative estimate of drug-likeness (QED) is 0.728. The molecule has 0 aliphatic carbocycles. The molecule has 0 fully saturated rings. The lowest BCUT2D eigenvalue weighted by atomic mass is 10.1. The van der Waals surface area contributed by atoms with E-state index in [1.54, 1.807) is 12.5 Å². The molecule has 1 aliphatic rings. The van der Waals surface area contributed by atoms with Crippen LogP contribution in [0.25, 0.3) is 16.8 Å². The maximum absolute atomic E-state index is 5.74. The van der Waals surface area contributed by atoms with Crippen molar-refractivity contribution in [2.75, 3.05) is 6.61 Å². The summed E-state index contributed by atoms with van der Waals surface area (Å²) in [6.07, 6.45) is 7.34. The van der Waals surface area contributed by atoms with Crippen molar-refractivity contribution in [1.29, 1.82) is 0 Å². The van der Waals surface area contributed by atoms with Crippen LogP contribution in [-0.4, -0.2) is 21.8 Å². The van der Waals surface area contributed by atoms with Gasteiger partial charge in [0.05, 0.1) is 0 Å². The van der Waals surface area contributed by atoms with Crippen LogP contribution in [0.4, 0.5) is 0 Å². The van der Waals surface area contributed by atoms with E-state index in [0.29, 0.717) is 12.4 Å². The fraction of sp³-hybridized carbons (Fsp3) is 0.211. The van der Waals surface area contributed by atoms with Crippen LogP contribution >= 0.6 is 0 Å². The second-order valence-electron chi connectivity index (χ2n) is 6.13. The molecule has 0 saturated carbocycles. The Balaban J connectivity index is 1.44. The van der Waals surface area contributed by atoms with Crippen LogP contribution in [0.2, 0.25) is 0 Å². The molecule has 5 nitrogen and oxygen atoms in total. The SMILES string of the molecule is CC1(C)OC=C(COc2ccc(-c3ccn4ccnc4c3)cc2)O1. The van der Waals surface area contributed by atoms with Gasteiger partial charge in [-0.15, -0.1) is 0 Å². The summed E-state index contributed by atoms with van der Waals surface area (Å²) < 4.78 is 18.7. The van der Waals surface area contributed by atoms with Gasteiger partial charge >= 0.3 is 0 Å². The highest BCUT2D eigenvalue weighted by molar-refractivity contribution is 5.67. The Labute approximate surface area is 140 Å². The standard InChI is InChI=1S/C19H18N2O3/c1-19(2)23-13-17(24-19)12-22-16-5-3-14(4-6-16)15-7-9-21-10-8-20-18(21)11-15/h3-11,13H,12H2,1-2H3.